The number of aromatic nitrogens is 4. The molecule has 1 aliphatic carbocycles. The minimum absolute atomic E-state index is 0.650. The van der Waals surface area contributed by atoms with E-state index >= 15 is 0 Å². The normalized spacial score (nSPS) is 16.1. The molecule has 0 atom stereocenters. The molecule has 0 bridgehead atoms. The van der Waals surface area contributed by atoms with Crippen LogP contribution in [0, 0.1) is 6.92 Å². The van der Waals surface area contributed by atoms with Crippen LogP contribution in [0.4, 0.5) is 11.6 Å². The van der Waals surface area contributed by atoms with E-state index in [-0.39, 0.29) is 0 Å². The molecule has 0 radical (unpaired) electrons. The van der Waals surface area contributed by atoms with Gasteiger partial charge in [0.2, 0.25) is 0 Å². The predicted octanol–water partition coefficient (Wildman–Crippen LogP) is 2.91. The first-order chi connectivity index (χ1) is 8.81. The Morgan fingerprint density at radius 1 is 1.17 bits per heavy atom. The molecule has 2 aromatic rings. The van der Waals surface area contributed by atoms with E-state index in [4.69, 9.17) is 0 Å². The fourth-order valence-corrected chi connectivity index (χ4v) is 2.43. The molecule has 5 nitrogen and oxygen atoms in total. The molecule has 5 heteroatoms. The van der Waals surface area contributed by atoms with Gasteiger partial charge in [-0.05, 0) is 19.8 Å². The predicted molar refractivity (Wildman–Crippen MR) is 69.8 cm³/mol. The maximum Gasteiger partial charge on any atom is 0.153 e. The Bertz CT molecular complexity index is 510. The van der Waals surface area contributed by atoms with Crippen molar-refractivity contribution in [1.82, 2.24) is 20.2 Å². The number of H-pyrrole nitrogens is 1. The lowest BCUT2D eigenvalue weighted by Crippen LogP contribution is -1.95. The Morgan fingerprint density at radius 3 is 2.72 bits per heavy atom. The fourth-order valence-electron chi connectivity index (χ4n) is 2.43. The van der Waals surface area contributed by atoms with Crippen LogP contribution in [0.5, 0.6) is 0 Å². The highest BCUT2D eigenvalue weighted by Crippen LogP contribution is 2.33. The summed E-state index contributed by atoms with van der Waals surface area (Å²) in [5.41, 5.74) is 2.14. The van der Waals surface area contributed by atoms with Crippen LogP contribution in [0.15, 0.2) is 18.5 Å². The van der Waals surface area contributed by atoms with Crippen molar-refractivity contribution in [2.45, 2.75) is 38.5 Å². The van der Waals surface area contributed by atoms with Gasteiger partial charge in [-0.3, -0.25) is 10.1 Å². The van der Waals surface area contributed by atoms with Gasteiger partial charge >= 0.3 is 0 Å². The van der Waals surface area contributed by atoms with E-state index in [0.717, 1.165) is 17.3 Å². The fraction of sp³-hybridized carbons (Fsp3) is 0.462. The number of nitrogens with one attached hydrogen (secondary N) is 2. The minimum Gasteiger partial charge on any atom is -0.322 e. The summed E-state index contributed by atoms with van der Waals surface area (Å²) >= 11 is 0. The quantitative estimate of drug-likeness (QED) is 0.869. The number of nitrogens with zero attached hydrogens (tertiary/aromatic N) is 3. The number of rotatable bonds is 3. The summed E-state index contributed by atoms with van der Waals surface area (Å²) in [6.45, 7) is 1.92. The van der Waals surface area contributed by atoms with E-state index in [9.17, 15) is 0 Å². The van der Waals surface area contributed by atoms with Gasteiger partial charge < -0.3 is 5.32 Å². The second-order valence-corrected chi connectivity index (χ2v) is 4.86. The summed E-state index contributed by atoms with van der Waals surface area (Å²) in [6.07, 6.45) is 8.66. The second kappa shape index (κ2) is 4.76. The molecule has 2 N–H and O–H groups in total. The zero-order valence-corrected chi connectivity index (χ0v) is 10.5. The van der Waals surface area contributed by atoms with Gasteiger partial charge in [0.25, 0.3) is 0 Å². The summed E-state index contributed by atoms with van der Waals surface area (Å²) in [6, 6.07) is 2.08. The molecule has 0 aromatic carbocycles. The molecule has 0 amide bonds. The molecule has 3 rings (SSSR count). The summed E-state index contributed by atoms with van der Waals surface area (Å²) in [5.74, 6) is 2.19. The molecule has 1 saturated carbocycles. The Kier molecular flexibility index (Phi) is 2.96. The molecule has 1 fully saturated rings. The van der Waals surface area contributed by atoms with Crippen LogP contribution in [0.1, 0.15) is 43.0 Å². The lowest BCUT2D eigenvalue weighted by Gasteiger charge is -2.03. The van der Waals surface area contributed by atoms with Crippen molar-refractivity contribution in [2.24, 2.45) is 0 Å². The topological polar surface area (TPSA) is 66.5 Å². The number of anilines is 2. The van der Waals surface area contributed by atoms with Crippen LogP contribution in [-0.4, -0.2) is 20.2 Å². The lowest BCUT2D eigenvalue weighted by molar-refractivity contribution is 0.693. The molecule has 0 aliphatic heterocycles. The van der Waals surface area contributed by atoms with Crippen molar-refractivity contribution >= 4 is 11.6 Å². The van der Waals surface area contributed by atoms with Gasteiger partial charge in [0, 0.05) is 17.7 Å². The van der Waals surface area contributed by atoms with Gasteiger partial charge in [-0.2, -0.15) is 5.10 Å². The molecule has 94 valence electrons. The summed E-state index contributed by atoms with van der Waals surface area (Å²) in [4.78, 5) is 8.45. The van der Waals surface area contributed by atoms with E-state index in [2.05, 4.69) is 31.5 Å². The number of hydrogen-bond acceptors (Lipinski definition) is 4. The molecule has 2 heterocycles. The van der Waals surface area contributed by atoms with Gasteiger partial charge in [-0.25, -0.2) is 4.98 Å². The third-order valence-electron chi connectivity index (χ3n) is 3.43. The Balaban J connectivity index is 1.71. The maximum atomic E-state index is 4.27. The number of aromatic amines is 1. The lowest BCUT2D eigenvalue weighted by atomic mass is 10.0. The van der Waals surface area contributed by atoms with Crippen LogP contribution < -0.4 is 5.32 Å². The molecule has 2 aromatic heterocycles. The van der Waals surface area contributed by atoms with Crippen LogP contribution in [-0.2, 0) is 0 Å². The van der Waals surface area contributed by atoms with E-state index in [1.165, 1.54) is 31.4 Å². The molecular formula is C13H17N5. The van der Waals surface area contributed by atoms with Gasteiger partial charge in [-0.15, -0.1) is 0 Å². The summed E-state index contributed by atoms with van der Waals surface area (Å²) in [7, 11) is 0. The average molecular weight is 243 g/mol. The first-order valence-corrected chi connectivity index (χ1v) is 6.42. The third kappa shape index (κ3) is 2.34. The van der Waals surface area contributed by atoms with Crippen LogP contribution >= 0.6 is 0 Å². The Morgan fingerprint density at radius 2 is 2.00 bits per heavy atom. The average Bonchev–Trinajstić information content (AvgIpc) is 3.02. The van der Waals surface area contributed by atoms with Gasteiger partial charge in [0.15, 0.2) is 5.82 Å². The van der Waals surface area contributed by atoms with Crippen LogP contribution in [0.2, 0.25) is 0 Å². The van der Waals surface area contributed by atoms with E-state index < -0.39 is 0 Å². The minimum atomic E-state index is 0.650. The van der Waals surface area contributed by atoms with E-state index in [0.29, 0.717) is 5.92 Å². The molecule has 0 unspecified atom stereocenters. The van der Waals surface area contributed by atoms with Crippen molar-refractivity contribution in [2.75, 3.05) is 5.32 Å². The van der Waals surface area contributed by atoms with Gasteiger partial charge in [-0.1, -0.05) is 12.8 Å². The highest BCUT2D eigenvalue weighted by atomic mass is 15.2. The summed E-state index contributed by atoms with van der Waals surface area (Å²) < 4.78 is 0. The zero-order chi connectivity index (χ0) is 12.4. The Labute approximate surface area is 106 Å². The molecule has 0 spiro atoms. The highest BCUT2D eigenvalue weighted by molar-refractivity contribution is 5.50. The van der Waals surface area contributed by atoms with E-state index in [1.807, 2.05) is 6.92 Å². The van der Waals surface area contributed by atoms with Gasteiger partial charge in [0.1, 0.15) is 5.82 Å². The number of hydrogen-bond donors (Lipinski definition) is 2. The SMILES string of the molecule is Cc1cnc(Nc2cc(C3CCCC3)[nH]n2)cn1. The van der Waals surface area contributed by atoms with Crippen LogP contribution in [0.25, 0.3) is 0 Å². The smallest absolute Gasteiger partial charge is 0.153 e. The second-order valence-electron chi connectivity index (χ2n) is 4.86. The molecular weight excluding hydrogens is 226 g/mol. The van der Waals surface area contributed by atoms with Crippen LogP contribution in [0.3, 0.4) is 0 Å². The molecule has 0 saturated heterocycles. The first kappa shape index (κ1) is 11.2. The summed E-state index contributed by atoms with van der Waals surface area (Å²) in [5, 5.41) is 10.6. The van der Waals surface area contributed by atoms with Crippen molar-refractivity contribution in [3.8, 4) is 0 Å². The van der Waals surface area contributed by atoms with Crippen molar-refractivity contribution in [1.29, 1.82) is 0 Å². The third-order valence-corrected chi connectivity index (χ3v) is 3.43. The van der Waals surface area contributed by atoms with Crippen molar-refractivity contribution in [3.63, 3.8) is 0 Å². The monoisotopic (exact) mass is 243 g/mol. The zero-order valence-electron chi connectivity index (χ0n) is 10.5. The first-order valence-electron chi connectivity index (χ1n) is 6.42. The standard InChI is InChI=1S/C13H17N5/c1-9-7-15-13(8-14-9)16-12-6-11(17-18-12)10-4-2-3-5-10/h6-8,10H,2-5H2,1H3,(H2,15,16,17,18). The van der Waals surface area contributed by atoms with Crippen molar-refractivity contribution in [3.05, 3.63) is 29.8 Å². The highest BCUT2D eigenvalue weighted by Gasteiger charge is 2.19. The van der Waals surface area contributed by atoms with Gasteiger partial charge in [0.05, 0.1) is 18.1 Å². The molecule has 18 heavy (non-hydrogen) atoms. The maximum absolute atomic E-state index is 4.27. The van der Waals surface area contributed by atoms with Crippen molar-refractivity contribution < 1.29 is 0 Å². The largest absolute Gasteiger partial charge is 0.322 e. The number of aryl methyl sites for hydroxylation is 1. The molecule has 1 aliphatic rings. The van der Waals surface area contributed by atoms with E-state index in [1.54, 1.807) is 12.4 Å². The Hall–Kier alpha value is -1.91.